The van der Waals surface area contributed by atoms with Crippen molar-refractivity contribution in [2.75, 3.05) is 0 Å². The van der Waals surface area contributed by atoms with Crippen LogP contribution in [0.2, 0.25) is 0 Å². The molecule has 0 fully saturated rings. The van der Waals surface area contributed by atoms with Crippen molar-refractivity contribution < 1.29 is 0 Å². The highest BCUT2D eigenvalue weighted by atomic mass is 14.9. The highest BCUT2D eigenvalue weighted by Gasteiger charge is 2.41. The molecule has 7 rings (SSSR count). The molecule has 0 saturated carbocycles. The van der Waals surface area contributed by atoms with Gasteiger partial charge < -0.3 is 0 Å². The monoisotopic (exact) mass is 475 g/mol. The number of benzene rings is 3. The molecule has 3 nitrogen and oxygen atoms in total. The quantitative estimate of drug-likeness (QED) is 0.265. The number of allylic oxidation sites excluding steroid dienone is 4. The summed E-state index contributed by atoms with van der Waals surface area (Å²) in [5.41, 5.74) is 10.7. The summed E-state index contributed by atoms with van der Waals surface area (Å²) in [6.07, 6.45) is 14.5. The molecule has 0 radical (unpaired) electrons. The third-order valence-electron chi connectivity index (χ3n) is 7.78. The number of aromatic nitrogens is 3. The van der Waals surface area contributed by atoms with Crippen molar-refractivity contribution in [2.45, 2.75) is 18.3 Å². The Hall–Kier alpha value is -4.63. The molecule has 0 spiro atoms. The zero-order valence-corrected chi connectivity index (χ0v) is 20.5. The van der Waals surface area contributed by atoms with E-state index in [-0.39, 0.29) is 11.3 Å². The lowest BCUT2D eigenvalue weighted by molar-refractivity contribution is 0.519. The van der Waals surface area contributed by atoms with Gasteiger partial charge in [0, 0.05) is 41.1 Å². The first-order valence-electron chi connectivity index (χ1n) is 12.6. The van der Waals surface area contributed by atoms with Gasteiger partial charge in [0.1, 0.15) is 0 Å². The number of rotatable bonds is 3. The van der Waals surface area contributed by atoms with E-state index in [9.17, 15) is 0 Å². The van der Waals surface area contributed by atoms with Crippen molar-refractivity contribution in [1.82, 2.24) is 15.0 Å². The lowest BCUT2D eigenvalue weighted by atomic mass is 9.60. The van der Waals surface area contributed by atoms with Crippen LogP contribution >= 0.6 is 0 Å². The van der Waals surface area contributed by atoms with Gasteiger partial charge in [0.05, 0.1) is 5.69 Å². The highest BCUT2D eigenvalue weighted by Crippen LogP contribution is 2.54. The SMILES string of the molecule is CC12C=CC=CC1c1cc(-c3ccnc(-c4ccncc4)n3)ccc1-c1ccc(-c3ccccc3)cc12. The van der Waals surface area contributed by atoms with Crippen molar-refractivity contribution in [3.63, 3.8) is 0 Å². The van der Waals surface area contributed by atoms with E-state index >= 15 is 0 Å². The summed E-state index contributed by atoms with van der Waals surface area (Å²) in [6.45, 7) is 2.37. The minimum absolute atomic E-state index is 0.131. The maximum atomic E-state index is 4.90. The van der Waals surface area contributed by atoms with E-state index in [1.165, 1.54) is 33.4 Å². The largest absolute Gasteiger partial charge is 0.265 e. The van der Waals surface area contributed by atoms with Gasteiger partial charge in [0.15, 0.2) is 5.82 Å². The molecule has 0 saturated heterocycles. The molecule has 0 aliphatic heterocycles. The van der Waals surface area contributed by atoms with Crippen molar-refractivity contribution >= 4 is 0 Å². The fourth-order valence-corrected chi connectivity index (χ4v) is 5.84. The molecule has 2 unspecified atom stereocenters. The second-order valence-electron chi connectivity index (χ2n) is 9.93. The Kier molecular flexibility index (Phi) is 4.97. The molecule has 37 heavy (non-hydrogen) atoms. The minimum atomic E-state index is -0.131. The summed E-state index contributed by atoms with van der Waals surface area (Å²) in [6, 6.07) is 30.3. The smallest absolute Gasteiger partial charge is 0.159 e. The van der Waals surface area contributed by atoms with Crippen LogP contribution in [0, 0.1) is 0 Å². The van der Waals surface area contributed by atoms with Crippen LogP contribution in [0.15, 0.2) is 128 Å². The van der Waals surface area contributed by atoms with Crippen LogP contribution in [0.3, 0.4) is 0 Å². The number of nitrogens with zero attached hydrogens (tertiary/aromatic N) is 3. The lowest BCUT2D eigenvalue weighted by Crippen LogP contribution is -2.32. The number of hydrogen-bond donors (Lipinski definition) is 0. The fourth-order valence-electron chi connectivity index (χ4n) is 5.84. The Morgan fingerprint density at radius 2 is 1.49 bits per heavy atom. The molecule has 2 aliphatic rings. The van der Waals surface area contributed by atoms with Crippen molar-refractivity contribution in [3.8, 4) is 44.9 Å². The van der Waals surface area contributed by atoms with Crippen LogP contribution in [-0.2, 0) is 5.41 Å². The molecule has 5 aromatic rings. The molecule has 2 atom stereocenters. The molecule has 3 aromatic carbocycles. The summed E-state index contributed by atoms with van der Waals surface area (Å²) in [5.74, 6) is 0.953. The summed E-state index contributed by atoms with van der Waals surface area (Å²) < 4.78 is 0. The predicted octanol–water partition coefficient (Wildman–Crippen LogP) is 8.02. The first kappa shape index (κ1) is 21.6. The Balaban J connectivity index is 1.38. The second kappa shape index (κ2) is 8.49. The number of hydrogen-bond acceptors (Lipinski definition) is 3. The Bertz CT molecular complexity index is 1690. The van der Waals surface area contributed by atoms with Gasteiger partial charge in [-0.1, -0.05) is 85.8 Å². The molecule has 0 amide bonds. The maximum Gasteiger partial charge on any atom is 0.159 e. The van der Waals surface area contributed by atoms with Crippen LogP contribution in [0.25, 0.3) is 44.9 Å². The van der Waals surface area contributed by atoms with Gasteiger partial charge in [0.25, 0.3) is 0 Å². The summed E-state index contributed by atoms with van der Waals surface area (Å²) in [4.78, 5) is 13.5. The van der Waals surface area contributed by atoms with Gasteiger partial charge in [-0.25, -0.2) is 9.97 Å². The van der Waals surface area contributed by atoms with Gasteiger partial charge in [-0.05, 0) is 63.7 Å². The van der Waals surface area contributed by atoms with Crippen molar-refractivity contribution in [1.29, 1.82) is 0 Å². The topological polar surface area (TPSA) is 38.7 Å². The third-order valence-corrected chi connectivity index (χ3v) is 7.78. The minimum Gasteiger partial charge on any atom is -0.265 e. The summed E-state index contributed by atoms with van der Waals surface area (Å²) in [7, 11) is 0. The highest BCUT2D eigenvalue weighted by molar-refractivity contribution is 5.83. The van der Waals surface area contributed by atoms with Gasteiger partial charge in [0.2, 0.25) is 0 Å². The second-order valence-corrected chi connectivity index (χ2v) is 9.93. The van der Waals surface area contributed by atoms with Crippen LogP contribution in [0.1, 0.15) is 24.0 Å². The first-order chi connectivity index (χ1) is 18.2. The third kappa shape index (κ3) is 3.54. The Morgan fingerprint density at radius 3 is 2.35 bits per heavy atom. The standard InChI is InChI=1S/C34H25N3/c1-34-17-6-5-9-30(34)29-21-26(32-16-20-36-33(37-32)24-14-18-35-19-15-24)11-12-27(29)28-13-10-25(22-31(28)34)23-7-3-2-4-8-23/h2-22,30H,1H3. The fraction of sp³-hybridized carbons (Fsp3) is 0.0882. The zero-order valence-electron chi connectivity index (χ0n) is 20.5. The number of pyridine rings is 1. The van der Waals surface area contributed by atoms with Crippen LogP contribution in [-0.4, -0.2) is 15.0 Å². The average molecular weight is 476 g/mol. The Morgan fingerprint density at radius 1 is 0.676 bits per heavy atom. The van der Waals surface area contributed by atoms with Gasteiger partial charge in [-0.2, -0.15) is 0 Å². The molecule has 3 heteroatoms. The van der Waals surface area contributed by atoms with Crippen LogP contribution < -0.4 is 0 Å². The van der Waals surface area contributed by atoms with Crippen LogP contribution in [0.4, 0.5) is 0 Å². The average Bonchev–Trinajstić information content (AvgIpc) is 2.98. The lowest BCUT2D eigenvalue weighted by Gasteiger charge is -2.43. The van der Waals surface area contributed by atoms with Gasteiger partial charge in [-0.15, -0.1) is 0 Å². The molecule has 2 heterocycles. The van der Waals surface area contributed by atoms with Gasteiger partial charge in [-0.3, -0.25) is 4.98 Å². The van der Waals surface area contributed by atoms with Crippen molar-refractivity contribution in [2.24, 2.45) is 0 Å². The van der Waals surface area contributed by atoms with E-state index in [1.54, 1.807) is 12.4 Å². The maximum absolute atomic E-state index is 4.90. The summed E-state index contributed by atoms with van der Waals surface area (Å²) >= 11 is 0. The predicted molar refractivity (Wildman–Crippen MR) is 150 cm³/mol. The summed E-state index contributed by atoms with van der Waals surface area (Å²) in [5, 5.41) is 0. The molecular weight excluding hydrogens is 450 g/mol. The molecule has 2 aliphatic carbocycles. The first-order valence-corrected chi connectivity index (χ1v) is 12.6. The van der Waals surface area contributed by atoms with E-state index < -0.39 is 0 Å². The number of fused-ring (bicyclic) bond motifs is 6. The van der Waals surface area contributed by atoms with E-state index in [0.717, 1.165) is 16.8 Å². The van der Waals surface area contributed by atoms with E-state index in [1.807, 2.05) is 24.4 Å². The van der Waals surface area contributed by atoms with E-state index in [0.29, 0.717) is 5.82 Å². The normalized spacial score (nSPS) is 19.1. The molecule has 0 bridgehead atoms. The van der Waals surface area contributed by atoms with Crippen molar-refractivity contribution in [3.05, 3.63) is 139 Å². The van der Waals surface area contributed by atoms with Crippen LogP contribution in [0.5, 0.6) is 0 Å². The van der Waals surface area contributed by atoms with Gasteiger partial charge >= 0.3 is 0 Å². The molecule has 2 aromatic heterocycles. The van der Waals surface area contributed by atoms with E-state index in [2.05, 4.69) is 108 Å². The zero-order chi connectivity index (χ0) is 24.8. The molecule has 176 valence electrons. The molecular formula is C34H25N3. The molecule has 0 N–H and O–H groups in total. The Labute approximate surface area is 216 Å². The van der Waals surface area contributed by atoms with E-state index in [4.69, 9.17) is 4.98 Å².